The molecule has 0 aliphatic rings. The highest BCUT2D eigenvalue weighted by molar-refractivity contribution is 7.21. The SMILES string of the molecule is Cc1cccc2sc(C(=O)Nc3ccccc3O)c(Cl)c12. The number of para-hydroxylation sites is 2. The minimum Gasteiger partial charge on any atom is -0.506 e. The molecule has 0 atom stereocenters. The van der Waals surface area contributed by atoms with E-state index < -0.39 is 0 Å². The number of fused-ring (bicyclic) bond motifs is 1. The number of amides is 1. The van der Waals surface area contributed by atoms with Crippen LogP contribution in [0.15, 0.2) is 42.5 Å². The molecule has 1 amide bonds. The molecule has 2 N–H and O–H groups in total. The number of nitrogens with one attached hydrogen (secondary N) is 1. The summed E-state index contributed by atoms with van der Waals surface area (Å²) in [6.07, 6.45) is 0. The Hall–Kier alpha value is -2.04. The highest BCUT2D eigenvalue weighted by Crippen LogP contribution is 2.37. The van der Waals surface area contributed by atoms with E-state index in [4.69, 9.17) is 11.6 Å². The van der Waals surface area contributed by atoms with Gasteiger partial charge in [-0.15, -0.1) is 11.3 Å². The molecule has 0 bridgehead atoms. The third-order valence-corrected chi connectivity index (χ3v) is 4.87. The predicted octanol–water partition coefficient (Wildman–Crippen LogP) is 4.82. The maximum absolute atomic E-state index is 12.4. The highest BCUT2D eigenvalue weighted by atomic mass is 35.5. The second kappa shape index (κ2) is 5.39. The lowest BCUT2D eigenvalue weighted by Crippen LogP contribution is -2.10. The van der Waals surface area contributed by atoms with E-state index in [9.17, 15) is 9.90 Å². The van der Waals surface area contributed by atoms with Crippen molar-refractivity contribution in [2.45, 2.75) is 6.92 Å². The van der Waals surface area contributed by atoms with Gasteiger partial charge in [0.25, 0.3) is 5.91 Å². The fourth-order valence-electron chi connectivity index (χ4n) is 2.18. The van der Waals surface area contributed by atoms with Crippen LogP contribution in [-0.4, -0.2) is 11.0 Å². The lowest BCUT2D eigenvalue weighted by Gasteiger charge is -2.05. The van der Waals surface area contributed by atoms with Crippen molar-refractivity contribution in [2.75, 3.05) is 5.32 Å². The zero-order valence-corrected chi connectivity index (χ0v) is 12.8. The van der Waals surface area contributed by atoms with Crippen LogP contribution in [-0.2, 0) is 0 Å². The van der Waals surface area contributed by atoms with E-state index in [0.717, 1.165) is 15.6 Å². The summed E-state index contributed by atoms with van der Waals surface area (Å²) in [7, 11) is 0. The van der Waals surface area contributed by atoms with Gasteiger partial charge in [0, 0.05) is 10.1 Å². The Morgan fingerprint density at radius 1 is 1.19 bits per heavy atom. The third kappa shape index (κ3) is 2.48. The lowest BCUT2D eigenvalue weighted by atomic mass is 10.1. The molecule has 2 aromatic carbocycles. The number of phenols is 1. The van der Waals surface area contributed by atoms with Crippen LogP contribution in [0.1, 0.15) is 15.2 Å². The van der Waals surface area contributed by atoms with Crippen molar-refractivity contribution >= 4 is 44.6 Å². The van der Waals surface area contributed by atoms with E-state index in [-0.39, 0.29) is 11.7 Å². The van der Waals surface area contributed by atoms with Crippen LogP contribution in [0.2, 0.25) is 5.02 Å². The summed E-state index contributed by atoms with van der Waals surface area (Å²) in [6.45, 7) is 1.96. The van der Waals surface area contributed by atoms with Crippen molar-refractivity contribution in [3.8, 4) is 5.75 Å². The number of carbonyl (C=O) groups is 1. The first-order valence-electron chi connectivity index (χ1n) is 6.35. The zero-order valence-electron chi connectivity index (χ0n) is 11.2. The molecule has 0 aliphatic heterocycles. The summed E-state index contributed by atoms with van der Waals surface area (Å²) in [5.41, 5.74) is 1.41. The predicted molar refractivity (Wildman–Crippen MR) is 87.6 cm³/mol. The molecule has 3 aromatic rings. The van der Waals surface area contributed by atoms with Gasteiger partial charge in [0.15, 0.2) is 0 Å². The molecule has 1 aromatic heterocycles. The molecule has 3 rings (SSSR count). The summed E-state index contributed by atoms with van der Waals surface area (Å²) in [5, 5.41) is 13.8. The fraction of sp³-hybridized carbons (Fsp3) is 0.0625. The topological polar surface area (TPSA) is 49.3 Å². The number of aromatic hydroxyl groups is 1. The molecular formula is C16H12ClNO2S. The van der Waals surface area contributed by atoms with Crippen molar-refractivity contribution in [2.24, 2.45) is 0 Å². The van der Waals surface area contributed by atoms with Gasteiger partial charge < -0.3 is 10.4 Å². The molecule has 3 nitrogen and oxygen atoms in total. The third-order valence-electron chi connectivity index (χ3n) is 3.22. The Bertz CT molecular complexity index is 841. The summed E-state index contributed by atoms with van der Waals surface area (Å²) < 4.78 is 0.974. The van der Waals surface area contributed by atoms with Crippen LogP contribution in [0.3, 0.4) is 0 Å². The summed E-state index contributed by atoms with van der Waals surface area (Å²) in [6, 6.07) is 12.4. The Balaban J connectivity index is 2.01. The minimum absolute atomic E-state index is 0.0271. The normalized spacial score (nSPS) is 10.8. The number of anilines is 1. The largest absolute Gasteiger partial charge is 0.506 e. The second-order valence-corrected chi connectivity index (χ2v) is 6.09. The van der Waals surface area contributed by atoms with Crippen LogP contribution in [0.25, 0.3) is 10.1 Å². The highest BCUT2D eigenvalue weighted by Gasteiger charge is 2.19. The Morgan fingerprint density at radius 2 is 1.95 bits per heavy atom. The Kier molecular flexibility index (Phi) is 3.57. The molecular weight excluding hydrogens is 306 g/mol. The maximum atomic E-state index is 12.4. The van der Waals surface area contributed by atoms with Crippen molar-refractivity contribution in [3.05, 3.63) is 57.9 Å². The number of hydrogen-bond donors (Lipinski definition) is 2. The van der Waals surface area contributed by atoms with Crippen molar-refractivity contribution in [3.63, 3.8) is 0 Å². The van der Waals surface area contributed by atoms with Crippen LogP contribution in [0.4, 0.5) is 5.69 Å². The van der Waals surface area contributed by atoms with Gasteiger partial charge in [0.1, 0.15) is 10.6 Å². The molecule has 0 saturated heterocycles. The number of thiophene rings is 1. The quantitative estimate of drug-likeness (QED) is 0.666. The summed E-state index contributed by atoms with van der Waals surface area (Å²) in [5.74, 6) is -0.290. The molecule has 0 aliphatic carbocycles. The molecule has 0 fully saturated rings. The van der Waals surface area contributed by atoms with E-state index in [1.165, 1.54) is 17.4 Å². The van der Waals surface area contributed by atoms with Gasteiger partial charge in [-0.05, 0) is 30.7 Å². The number of halogens is 1. The number of benzene rings is 2. The molecule has 0 unspecified atom stereocenters. The van der Waals surface area contributed by atoms with Crippen molar-refractivity contribution in [1.29, 1.82) is 0 Å². The van der Waals surface area contributed by atoms with E-state index in [1.807, 2.05) is 25.1 Å². The van der Waals surface area contributed by atoms with Gasteiger partial charge in [-0.3, -0.25) is 4.79 Å². The van der Waals surface area contributed by atoms with E-state index in [0.29, 0.717) is 15.6 Å². The first-order chi connectivity index (χ1) is 10.1. The zero-order chi connectivity index (χ0) is 15.0. The molecule has 0 radical (unpaired) electrons. The molecule has 1 heterocycles. The fourth-order valence-corrected chi connectivity index (χ4v) is 3.76. The standard InChI is InChI=1S/C16H12ClNO2S/c1-9-5-4-8-12-13(9)14(17)15(21-12)16(20)18-10-6-2-3-7-11(10)19/h2-8,19H,1H3,(H,18,20). The van der Waals surface area contributed by atoms with Gasteiger partial charge in [0.2, 0.25) is 0 Å². The first-order valence-corrected chi connectivity index (χ1v) is 7.54. The lowest BCUT2D eigenvalue weighted by molar-refractivity contribution is 0.103. The van der Waals surface area contributed by atoms with Crippen molar-refractivity contribution in [1.82, 2.24) is 0 Å². The van der Waals surface area contributed by atoms with Gasteiger partial charge in [-0.2, -0.15) is 0 Å². The number of phenolic OH excluding ortho intramolecular Hbond substituents is 1. The number of rotatable bonds is 2. The second-order valence-electron chi connectivity index (χ2n) is 4.66. The van der Waals surface area contributed by atoms with Gasteiger partial charge in [-0.25, -0.2) is 0 Å². The van der Waals surface area contributed by atoms with Gasteiger partial charge in [0.05, 0.1) is 10.7 Å². The van der Waals surface area contributed by atoms with Crippen LogP contribution in [0, 0.1) is 6.92 Å². The number of aryl methyl sites for hydroxylation is 1. The van der Waals surface area contributed by atoms with Crippen LogP contribution >= 0.6 is 22.9 Å². The Morgan fingerprint density at radius 3 is 2.67 bits per heavy atom. The van der Waals surface area contributed by atoms with Gasteiger partial charge in [-0.1, -0.05) is 35.9 Å². The monoisotopic (exact) mass is 317 g/mol. The molecule has 21 heavy (non-hydrogen) atoms. The number of hydrogen-bond acceptors (Lipinski definition) is 3. The van der Waals surface area contributed by atoms with E-state index in [1.54, 1.807) is 18.2 Å². The first kappa shape index (κ1) is 13.9. The maximum Gasteiger partial charge on any atom is 0.267 e. The molecule has 0 spiro atoms. The molecule has 106 valence electrons. The average molecular weight is 318 g/mol. The van der Waals surface area contributed by atoms with E-state index in [2.05, 4.69) is 5.32 Å². The van der Waals surface area contributed by atoms with Gasteiger partial charge >= 0.3 is 0 Å². The average Bonchev–Trinajstić information content (AvgIpc) is 2.80. The van der Waals surface area contributed by atoms with E-state index >= 15 is 0 Å². The minimum atomic E-state index is -0.317. The van der Waals surface area contributed by atoms with Crippen LogP contribution in [0.5, 0.6) is 5.75 Å². The Labute approximate surface area is 130 Å². The number of carbonyl (C=O) groups excluding carboxylic acids is 1. The summed E-state index contributed by atoms with van der Waals surface area (Å²) >= 11 is 7.70. The summed E-state index contributed by atoms with van der Waals surface area (Å²) in [4.78, 5) is 12.8. The smallest absolute Gasteiger partial charge is 0.267 e. The van der Waals surface area contributed by atoms with Crippen LogP contribution < -0.4 is 5.32 Å². The molecule has 5 heteroatoms. The van der Waals surface area contributed by atoms with Crippen molar-refractivity contribution < 1.29 is 9.90 Å². The molecule has 0 saturated carbocycles.